The average Bonchev–Trinajstić information content (AvgIpc) is 2.81. The number of rotatable bonds is 10. The first kappa shape index (κ1) is 28.1. The number of ether oxygens (including phenoxy) is 2. The molecule has 2 aromatic carbocycles. The van der Waals surface area contributed by atoms with E-state index in [1.54, 1.807) is 12.1 Å². The van der Waals surface area contributed by atoms with Crippen molar-refractivity contribution < 1.29 is 18.7 Å². The van der Waals surface area contributed by atoms with Gasteiger partial charge in [-0.3, -0.25) is 0 Å². The first-order valence-corrected chi connectivity index (χ1v) is 13.2. The van der Waals surface area contributed by atoms with Crippen LogP contribution in [0, 0.1) is 11.7 Å². The summed E-state index contributed by atoms with van der Waals surface area (Å²) in [4.78, 5) is 14.7. The fraction of sp³-hybridized carbons (Fsp3) is 0.567. The predicted molar refractivity (Wildman–Crippen MR) is 142 cm³/mol. The molecule has 36 heavy (non-hydrogen) atoms. The second-order valence-corrected chi connectivity index (χ2v) is 11.2. The third-order valence-corrected chi connectivity index (χ3v) is 6.83. The van der Waals surface area contributed by atoms with Gasteiger partial charge in [-0.1, -0.05) is 42.5 Å². The molecule has 1 fully saturated rings. The molecule has 6 heteroatoms. The zero-order valence-electron chi connectivity index (χ0n) is 22.5. The van der Waals surface area contributed by atoms with Crippen LogP contribution in [0.3, 0.4) is 0 Å². The van der Waals surface area contributed by atoms with E-state index in [1.807, 2.05) is 39.8 Å². The zero-order valence-corrected chi connectivity index (χ0v) is 22.5. The molecule has 0 spiro atoms. The summed E-state index contributed by atoms with van der Waals surface area (Å²) in [5, 5.41) is 3.02. The number of amides is 1. The van der Waals surface area contributed by atoms with Crippen molar-refractivity contribution in [1.29, 1.82) is 0 Å². The number of carbonyl (C=O) groups is 1. The van der Waals surface area contributed by atoms with Gasteiger partial charge in [-0.25, -0.2) is 9.18 Å². The molecule has 2 aromatic rings. The van der Waals surface area contributed by atoms with Crippen LogP contribution in [0.25, 0.3) is 0 Å². The number of nitrogens with zero attached hydrogens (tertiary/aromatic N) is 1. The molecule has 0 bridgehead atoms. The van der Waals surface area contributed by atoms with Crippen LogP contribution in [0.2, 0.25) is 0 Å². The molecule has 1 aliphatic carbocycles. The minimum atomic E-state index is -0.541. The zero-order chi connectivity index (χ0) is 26.1. The number of nitrogens with one attached hydrogen (secondary N) is 1. The van der Waals surface area contributed by atoms with E-state index in [9.17, 15) is 9.18 Å². The molecule has 0 saturated heterocycles. The molecule has 0 radical (unpaired) electrons. The maximum Gasteiger partial charge on any atom is 0.407 e. The highest BCUT2D eigenvalue weighted by molar-refractivity contribution is 5.68. The van der Waals surface area contributed by atoms with E-state index < -0.39 is 11.7 Å². The molecule has 1 N–H and O–H groups in total. The lowest BCUT2D eigenvalue weighted by Gasteiger charge is -2.33. The number of halogens is 1. The Bertz CT molecular complexity index is 939. The van der Waals surface area contributed by atoms with Crippen LogP contribution >= 0.6 is 0 Å². The van der Waals surface area contributed by atoms with Crippen molar-refractivity contribution in [2.24, 2.45) is 5.92 Å². The van der Waals surface area contributed by atoms with Gasteiger partial charge in [-0.05, 0) is 89.6 Å². The van der Waals surface area contributed by atoms with Gasteiger partial charge < -0.3 is 19.7 Å². The molecule has 3 rings (SSSR count). The fourth-order valence-corrected chi connectivity index (χ4v) is 4.91. The van der Waals surface area contributed by atoms with E-state index in [4.69, 9.17) is 9.47 Å². The molecule has 5 nitrogen and oxygen atoms in total. The molecule has 2 unspecified atom stereocenters. The van der Waals surface area contributed by atoms with Crippen molar-refractivity contribution in [2.45, 2.75) is 83.6 Å². The van der Waals surface area contributed by atoms with E-state index >= 15 is 0 Å². The monoisotopic (exact) mass is 498 g/mol. The van der Waals surface area contributed by atoms with E-state index in [2.05, 4.69) is 41.5 Å². The Morgan fingerprint density at radius 1 is 1.08 bits per heavy atom. The summed E-state index contributed by atoms with van der Waals surface area (Å²) in [7, 11) is 2.10. The summed E-state index contributed by atoms with van der Waals surface area (Å²) in [6.07, 6.45) is 3.70. The van der Waals surface area contributed by atoms with Crippen LogP contribution in [-0.2, 0) is 16.0 Å². The van der Waals surface area contributed by atoms with E-state index in [0.29, 0.717) is 12.5 Å². The van der Waals surface area contributed by atoms with Crippen LogP contribution < -0.4 is 5.32 Å². The standard InChI is InChI=1S/C30H43FN2O3/c1-22(32-29(34)36-30(2,3)4)26(20-33(5)19-23-10-7-6-8-11-23)21-35-28-16-14-24(15-17-28)25-12-9-13-27(31)18-25/h6-13,18,22,24,26,28H,14-17,19-21H2,1-5H3,(H,32,34). The minimum absolute atomic E-state index is 0.104. The Kier molecular flexibility index (Phi) is 10.3. The highest BCUT2D eigenvalue weighted by atomic mass is 19.1. The topological polar surface area (TPSA) is 50.8 Å². The van der Waals surface area contributed by atoms with Crippen LogP contribution in [0.5, 0.6) is 0 Å². The van der Waals surface area contributed by atoms with Crippen LogP contribution in [0.4, 0.5) is 9.18 Å². The molecule has 0 aromatic heterocycles. The summed E-state index contributed by atoms with van der Waals surface area (Å²) in [5.74, 6) is 0.327. The highest BCUT2D eigenvalue weighted by Gasteiger charge is 2.27. The van der Waals surface area contributed by atoms with E-state index in [0.717, 1.165) is 44.3 Å². The van der Waals surface area contributed by atoms with Crippen molar-refractivity contribution in [3.8, 4) is 0 Å². The Hall–Kier alpha value is -2.44. The molecule has 1 saturated carbocycles. The molecule has 1 amide bonds. The summed E-state index contributed by atoms with van der Waals surface area (Å²) < 4.78 is 25.5. The SMILES string of the molecule is CC(NC(=O)OC(C)(C)C)C(COC1CCC(c2cccc(F)c2)CC1)CN(C)Cc1ccccc1. The van der Waals surface area contributed by atoms with E-state index in [-0.39, 0.29) is 23.9 Å². The van der Waals surface area contributed by atoms with Crippen molar-refractivity contribution >= 4 is 6.09 Å². The first-order valence-electron chi connectivity index (χ1n) is 13.2. The Morgan fingerprint density at radius 3 is 2.42 bits per heavy atom. The van der Waals surface area contributed by atoms with Gasteiger partial charge in [0.1, 0.15) is 11.4 Å². The lowest BCUT2D eigenvalue weighted by molar-refractivity contribution is -0.00877. The normalized spacial score (nSPS) is 20.1. The summed E-state index contributed by atoms with van der Waals surface area (Å²) in [6.45, 7) is 9.79. The molecule has 1 aliphatic rings. The number of alkyl carbamates (subject to hydrolysis) is 1. The van der Waals surface area contributed by atoms with Crippen molar-refractivity contribution in [1.82, 2.24) is 10.2 Å². The summed E-state index contributed by atoms with van der Waals surface area (Å²) in [6, 6.07) is 17.3. The number of hydrogen-bond donors (Lipinski definition) is 1. The van der Waals surface area contributed by atoms with Gasteiger partial charge in [-0.2, -0.15) is 0 Å². The maximum atomic E-state index is 13.6. The molecular formula is C30H43FN2O3. The molecule has 0 aliphatic heterocycles. The van der Waals surface area contributed by atoms with Gasteiger partial charge in [0.05, 0.1) is 12.7 Å². The fourth-order valence-electron chi connectivity index (χ4n) is 4.91. The second-order valence-electron chi connectivity index (χ2n) is 11.2. The molecule has 198 valence electrons. The van der Waals surface area contributed by atoms with Gasteiger partial charge in [-0.15, -0.1) is 0 Å². The first-order chi connectivity index (χ1) is 17.1. The Balaban J connectivity index is 1.56. The van der Waals surface area contributed by atoms with Crippen LogP contribution in [0.1, 0.15) is 70.4 Å². The molecule has 0 heterocycles. The average molecular weight is 499 g/mol. The molecule has 2 atom stereocenters. The smallest absolute Gasteiger partial charge is 0.407 e. The number of benzene rings is 2. The van der Waals surface area contributed by atoms with Gasteiger partial charge >= 0.3 is 6.09 Å². The lowest BCUT2D eigenvalue weighted by atomic mass is 9.82. The van der Waals surface area contributed by atoms with E-state index in [1.165, 1.54) is 11.6 Å². The third kappa shape index (κ3) is 9.55. The van der Waals surface area contributed by atoms with Crippen molar-refractivity contribution in [3.05, 3.63) is 71.5 Å². The summed E-state index contributed by atoms with van der Waals surface area (Å²) in [5.41, 5.74) is 1.80. The van der Waals surface area contributed by atoms with Gasteiger partial charge in [0.25, 0.3) is 0 Å². The van der Waals surface area contributed by atoms with Crippen molar-refractivity contribution in [2.75, 3.05) is 20.2 Å². The number of hydrogen-bond acceptors (Lipinski definition) is 4. The maximum absolute atomic E-state index is 13.6. The highest BCUT2D eigenvalue weighted by Crippen LogP contribution is 2.34. The van der Waals surface area contributed by atoms with Crippen LogP contribution in [-0.4, -0.2) is 48.9 Å². The second kappa shape index (κ2) is 13.2. The predicted octanol–water partition coefficient (Wildman–Crippen LogP) is 6.53. The quantitative estimate of drug-likeness (QED) is 0.405. The number of carbonyl (C=O) groups excluding carboxylic acids is 1. The van der Waals surface area contributed by atoms with Crippen molar-refractivity contribution in [3.63, 3.8) is 0 Å². The molecular weight excluding hydrogens is 455 g/mol. The van der Waals surface area contributed by atoms with Gasteiger partial charge in [0, 0.05) is 25.0 Å². The Morgan fingerprint density at radius 2 is 1.78 bits per heavy atom. The third-order valence-electron chi connectivity index (χ3n) is 6.83. The van der Waals surface area contributed by atoms with Crippen LogP contribution in [0.15, 0.2) is 54.6 Å². The minimum Gasteiger partial charge on any atom is -0.444 e. The summed E-state index contributed by atoms with van der Waals surface area (Å²) >= 11 is 0. The van der Waals surface area contributed by atoms with Gasteiger partial charge in [0.2, 0.25) is 0 Å². The Labute approximate surface area is 216 Å². The lowest BCUT2D eigenvalue weighted by Crippen LogP contribution is -2.46. The largest absolute Gasteiger partial charge is 0.444 e. The van der Waals surface area contributed by atoms with Gasteiger partial charge in [0.15, 0.2) is 0 Å².